The summed E-state index contributed by atoms with van der Waals surface area (Å²) in [5.74, 6) is -0.405. The highest BCUT2D eigenvalue weighted by Crippen LogP contribution is 2.20. The van der Waals surface area contributed by atoms with Gasteiger partial charge in [0.2, 0.25) is 0 Å². The second-order valence-corrected chi connectivity index (χ2v) is 5.67. The number of benzene rings is 2. The first-order valence-corrected chi connectivity index (χ1v) is 7.25. The summed E-state index contributed by atoms with van der Waals surface area (Å²) in [6, 6.07) is 13.6. The highest BCUT2D eigenvalue weighted by Gasteiger charge is 2.12. The maximum atomic E-state index is 13.4. The summed E-state index contributed by atoms with van der Waals surface area (Å²) in [6.45, 7) is 0. The van der Waals surface area contributed by atoms with E-state index in [1.807, 2.05) is 18.2 Å². The third-order valence-corrected chi connectivity index (χ3v) is 3.69. The molecule has 0 aliphatic heterocycles. The summed E-state index contributed by atoms with van der Waals surface area (Å²) < 4.78 is 14.0. The van der Waals surface area contributed by atoms with Crippen molar-refractivity contribution in [3.63, 3.8) is 0 Å². The molecular formula is C17H11BrFNO. The maximum absolute atomic E-state index is 13.4. The Hall–Kier alpha value is -2.07. The van der Waals surface area contributed by atoms with Crippen molar-refractivity contribution in [2.45, 2.75) is 6.42 Å². The first-order chi connectivity index (χ1) is 10.1. The summed E-state index contributed by atoms with van der Waals surface area (Å²) in [6.07, 6.45) is 1.85. The standard InChI is InChI=1S/C17H11BrFNO/c18-12-7-11(8-13(19)10-12)9-17(21)15-3-1-5-16-14(15)4-2-6-20-16/h1-8,10H,9H2. The fourth-order valence-electron chi connectivity index (χ4n) is 2.34. The molecule has 3 aromatic rings. The summed E-state index contributed by atoms with van der Waals surface area (Å²) in [5.41, 5.74) is 2.04. The highest BCUT2D eigenvalue weighted by molar-refractivity contribution is 9.10. The van der Waals surface area contributed by atoms with Crippen molar-refractivity contribution in [1.29, 1.82) is 0 Å². The summed E-state index contributed by atoms with van der Waals surface area (Å²) in [7, 11) is 0. The second kappa shape index (κ2) is 5.74. The van der Waals surface area contributed by atoms with Gasteiger partial charge in [-0.3, -0.25) is 9.78 Å². The van der Waals surface area contributed by atoms with Gasteiger partial charge in [-0.1, -0.05) is 34.1 Å². The lowest BCUT2D eigenvalue weighted by Gasteiger charge is -2.06. The van der Waals surface area contributed by atoms with Gasteiger partial charge in [-0.05, 0) is 35.9 Å². The Morgan fingerprint density at radius 2 is 2.00 bits per heavy atom. The lowest BCUT2D eigenvalue weighted by Crippen LogP contribution is -2.05. The fourth-order valence-corrected chi connectivity index (χ4v) is 2.85. The fraction of sp³-hybridized carbons (Fsp3) is 0.0588. The SMILES string of the molecule is O=C(Cc1cc(F)cc(Br)c1)c1cccc2ncccc12. The van der Waals surface area contributed by atoms with Crippen LogP contribution in [0.3, 0.4) is 0 Å². The minimum Gasteiger partial charge on any atom is -0.294 e. The van der Waals surface area contributed by atoms with Crippen LogP contribution in [0.2, 0.25) is 0 Å². The molecule has 0 radical (unpaired) electrons. The van der Waals surface area contributed by atoms with Gasteiger partial charge in [-0.15, -0.1) is 0 Å². The number of carbonyl (C=O) groups is 1. The average Bonchev–Trinajstić information content (AvgIpc) is 2.45. The Kier molecular flexibility index (Phi) is 3.80. The molecule has 0 unspecified atom stereocenters. The van der Waals surface area contributed by atoms with Crippen LogP contribution in [0.25, 0.3) is 10.9 Å². The van der Waals surface area contributed by atoms with E-state index in [0.29, 0.717) is 15.6 Å². The number of hydrogen-bond acceptors (Lipinski definition) is 2. The van der Waals surface area contributed by atoms with Crippen LogP contribution in [-0.2, 0) is 6.42 Å². The van der Waals surface area contributed by atoms with Crippen molar-refractivity contribution in [3.05, 3.63) is 76.1 Å². The predicted molar refractivity (Wildman–Crippen MR) is 83.9 cm³/mol. The van der Waals surface area contributed by atoms with Crippen molar-refractivity contribution in [2.75, 3.05) is 0 Å². The third kappa shape index (κ3) is 3.00. The molecule has 0 N–H and O–H groups in total. The van der Waals surface area contributed by atoms with Crippen LogP contribution in [0, 0.1) is 5.82 Å². The Morgan fingerprint density at radius 3 is 2.81 bits per heavy atom. The van der Waals surface area contributed by atoms with Crippen LogP contribution in [0.1, 0.15) is 15.9 Å². The van der Waals surface area contributed by atoms with E-state index in [1.54, 1.807) is 24.4 Å². The first kappa shape index (κ1) is 13.9. The van der Waals surface area contributed by atoms with Gasteiger partial charge in [-0.25, -0.2) is 4.39 Å². The molecule has 0 saturated heterocycles. The normalized spacial score (nSPS) is 10.8. The summed E-state index contributed by atoms with van der Waals surface area (Å²) in [5, 5.41) is 0.820. The maximum Gasteiger partial charge on any atom is 0.167 e. The van der Waals surface area contributed by atoms with Crippen molar-refractivity contribution in [1.82, 2.24) is 4.98 Å². The molecule has 2 nitrogen and oxygen atoms in total. The number of aromatic nitrogens is 1. The van der Waals surface area contributed by atoms with Crippen molar-refractivity contribution in [3.8, 4) is 0 Å². The summed E-state index contributed by atoms with van der Waals surface area (Å²) >= 11 is 3.24. The third-order valence-electron chi connectivity index (χ3n) is 3.23. The van der Waals surface area contributed by atoms with E-state index in [9.17, 15) is 9.18 Å². The number of Topliss-reactive ketones (excluding diaryl/α,β-unsaturated/α-hetero) is 1. The molecule has 0 aliphatic carbocycles. The molecule has 3 rings (SSSR count). The summed E-state index contributed by atoms with van der Waals surface area (Å²) in [4.78, 5) is 16.7. The van der Waals surface area contributed by atoms with E-state index in [-0.39, 0.29) is 18.0 Å². The van der Waals surface area contributed by atoms with Gasteiger partial charge in [0.05, 0.1) is 5.52 Å². The zero-order valence-corrected chi connectivity index (χ0v) is 12.6. The van der Waals surface area contributed by atoms with Crippen LogP contribution in [-0.4, -0.2) is 10.8 Å². The monoisotopic (exact) mass is 343 g/mol. The van der Waals surface area contributed by atoms with Crippen LogP contribution >= 0.6 is 15.9 Å². The highest BCUT2D eigenvalue weighted by atomic mass is 79.9. The molecule has 0 atom stereocenters. The zero-order chi connectivity index (χ0) is 14.8. The van der Waals surface area contributed by atoms with Gasteiger partial charge in [0.1, 0.15) is 5.82 Å². The van der Waals surface area contributed by atoms with Crippen LogP contribution in [0.15, 0.2) is 59.2 Å². The molecule has 0 saturated carbocycles. The molecule has 0 fully saturated rings. The molecule has 2 aromatic carbocycles. The number of nitrogens with zero attached hydrogens (tertiary/aromatic N) is 1. The predicted octanol–water partition coefficient (Wildman–Crippen LogP) is 4.56. The number of halogens is 2. The Labute approximate surface area is 129 Å². The molecular weight excluding hydrogens is 333 g/mol. The van der Waals surface area contributed by atoms with Gasteiger partial charge in [0.25, 0.3) is 0 Å². The van der Waals surface area contributed by atoms with Gasteiger partial charge >= 0.3 is 0 Å². The lowest BCUT2D eigenvalue weighted by molar-refractivity contribution is 0.0994. The molecule has 0 aliphatic rings. The molecule has 0 amide bonds. The lowest BCUT2D eigenvalue weighted by atomic mass is 9.99. The molecule has 0 bridgehead atoms. The topological polar surface area (TPSA) is 30.0 Å². The molecule has 104 valence electrons. The first-order valence-electron chi connectivity index (χ1n) is 6.45. The molecule has 1 aromatic heterocycles. The number of hydrogen-bond donors (Lipinski definition) is 0. The molecule has 21 heavy (non-hydrogen) atoms. The second-order valence-electron chi connectivity index (χ2n) is 4.75. The van der Waals surface area contributed by atoms with Crippen molar-refractivity contribution >= 4 is 32.6 Å². The quantitative estimate of drug-likeness (QED) is 0.652. The largest absolute Gasteiger partial charge is 0.294 e. The molecule has 4 heteroatoms. The van der Waals surface area contributed by atoms with Crippen LogP contribution in [0.5, 0.6) is 0 Å². The molecule has 0 spiro atoms. The zero-order valence-electron chi connectivity index (χ0n) is 11.0. The van der Waals surface area contributed by atoms with Gasteiger partial charge in [0, 0.05) is 28.0 Å². The van der Waals surface area contributed by atoms with E-state index in [4.69, 9.17) is 0 Å². The van der Waals surface area contributed by atoms with Crippen LogP contribution in [0.4, 0.5) is 4.39 Å². The Balaban J connectivity index is 1.97. The van der Waals surface area contributed by atoms with E-state index >= 15 is 0 Å². The number of ketones is 1. The number of fused-ring (bicyclic) bond motifs is 1. The number of carbonyl (C=O) groups excluding carboxylic acids is 1. The minimum atomic E-state index is -0.355. The van der Waals surface area contributed by atoms with E-state index < -0.39 is 0 Å². The van der Waals surface area contributed by atoms with E-state index in [0.717, 1.165) is 10.9 Å². The van der Waals surface area contributed by atoms with Gasteiger partial charge in [0.15, 0.2) is 5.78 Å². The Morgan fingerprint density at radius 1 is 1.14 bits per heavy atom. The van der Waals surface area contributed by atoms with Crippen molar-refractivity contribution < 1.29 is 9.18 Å². The average molecular weight is 344 g/mol. The Bertz CT molecular complexity index is 806. The van der Waals surface area contributed by atoms with Gasteiger partial charge in [-0.2, -0.15) is 0 Å². The van der Waals surface area contributed by atoms with Crippen LogP contribution < -0.4 is 0 Å². The van der Waals surface area contributed by atoms with Gasteiger partial charge < -0.3 is 0 Å². The molecule has 1 heterocycles. The minimum absolute atomic E-state index is 0.0499. The van der Waals surface area contributed by atoms with Crippen molar-refractivity contribution in [2.24, 2.45) is 0 Å². The number of pyridine rings is 1. The number of rotatable bonds is 3. The van der Waals surface area contributed by atoms with E-state index in [2.05, 4.69) is 20.9 Å². The van der Waals surface area contributed by atoms with E-state index in [1.165, 1.54) is 12.1 Å². The smallest absolute Gasteiger partial charge is 0.167 e.